The van der Waals surface area contributed by atoms with Gasteiger partial charge < -0.3 is 4.74 Å². The first kappa shape index (κ1) is 13.1. The molecule has 0 atom stereocenters. The molecule has 104 valence electrons. The van der Waals surface area contributed by atoms with Gasteiger partial charge >= 0.3 is 5.97 Å². The average molecular weight is 279 g/mol. The van der Waals surface area contributed by atoms with Gasteiger partial charge in [-0.25, -0.2) is 9.48 Å². The van der Waals surface area contributed by atoms with Gasteiger partial charge in [-0.2, -0.15) is 0 Å². The molecule has 5 nitrogen and oxygen atoms in total. The minimum Gasteiger partial charge on any atom is -0.455 e. The standard InChI is InChI=1S/C16H13N3O2/c20-16(13-7-3-1-4-8-13)21-12-14-11-19(18-17-14)15-9-5-2-6-10-15/h1-11H,12H2. The zero-order valence-corrected chi connectivity index (χ0v) is 11.2. The van der Waals surface area contributed by atoms with Crippen LogP contribution in [0.15, 0.2) is 66.9 Å². The number of esters is 1. The van der Waals surface area contributed by atoms with Crippen molar-refractivity contribution >= 4 is 5.97 Å². The van der Waals surface area contributed by atoms with Crippen LogP contribution in [0.1, 0.15) is 16.1 Å². The number of carbonyl (C=O) groups is 1. The highest BCUT2D eigenvalue weighted by Crippen LogP contribution is 2.08. The molecule has 0 N–H and O–H groups in total. The third kappa shape index (κ3) is 3.14. The molecule has 0 fully saturated rings. The number of carbonyl (C=O) groups excluding carboxylic acids is 1. The Balaban J connectivity index is 1.64. The Morgan fingerprint density at radius 2 is 1.67 bits per heavy atom. The molecule has 0 saturated carbocycles. The summed E-state index contributed by atoms with van der Waals surface area (Å²) in [5.41, 5.74) is 2.03. The predicted octanol–water partition coefficient (Wildman–Crippen LogP) is 2.62. The molecule has 0 radical (unpaired) electrons. The lowest BCUT2D eigenvalue weighted by Crippen LogP contribution is -2.05. The van der Waals surface area contributed by atoms with Crippen molar-refractivity contribution in [2.45, 2.75) is 6.61 Å². The molecule has 0 aliphatic carbocycles. The number of ether oxygens (including phenoxy) is 1. The van der Waals surface area contributed by atoms with Crippen molar-refractivity contribution < 1.29 is 9.53 Å². The summed E-state index contributed by atoms with van der Waals surface area (Å²) in [6.07, 6.45) is 1.74. The van der Waals surface area contributed by atoms with Gasteiger partial charge in [0, 0.05) is 0 Å². The summed E-state index contributed by atoms with van der Waals surface area (Å²) < 4.78 is 6.85. The lowest BCUT2D eigenvalue weighted by atomic mass is 10.2. The van der Waals surface area contributed by atoms with Crippen LogP contribution in [-0.4, -0.2) is 21.0 Å². The van der Waals surface area contributed by atoms with Gasteiger partial charge in [-0.1, -0.05) is 41.6 Å². The molecule has 1 heterocycles. The highest BCUT2D eigenvalue weighted by atomic mass is 16.5. The number of hydrogen-bond donors (Lipinski definition) is 0. The number of nitrogens with zero attached hydrogens (tertiary/aromatic N) is 3. The maximum absolute atomic E-state index is 11.8. The summed E-state index contributed by atoms with van der Waals surface area (Å²) in [7, 11) is 0. The first-order chi connectivity index (χ1) is 10.3. The van der Waals surface area contributed by atoms with Crippen LogP contribution >= 0.6 is 0 Å². The second-order valence-electron chi connectivity index (χ2n) is 4.43. The average Bonchev–Trinajstić information content (AvgIpc) is 3.03. The second kappa shape index (κ2) is 6.00. The van der Waals surface area contributed by atoms with Crippen LogP contribution in [0.4, 0.5) is 0 Å². The van der Waals surface area contributed by atoms with Gasteiger partial charge in [0.2, 0.25) is 0 Å². The van der Waals surface area contributed by atoms with Crippen molar-refractivity contribution in [1.29, 1.82) is 0 Å². The molecular weight excluding hydrogens is 266 g/mol. The molecule has 5 heteroatoms. The molecule has 2 aromatic carbocycles. The van der Waals surface area contributed by atoms with Gasteiger partial charge in [-0.3, -0.25) is 0 Å². The lowest BCUT2D eigenvalue weighted by Gasteiger charge is -2.01. The number of aromatic nitrogens is 3. The number of benzene rings is 2. The fourth-order valence-corrected chi connectivity index (χ4v) is 1.87. The quantitative estimate of drug-likeness (QED) is 0.689. The first-order valence-corrected chi connectivity index (χ1v) is 6.52. The number of rotatable bonds is 4. The van der Waals surface area contributed by atoms with E-state index in [2.05, 4.69) is 10.3 Å². The van der Waals surface area contributed by atoms with E-state index in [0.717, 1.165) is 5.69 Å². The van der Waals surface area contributed by atoms with Crippen molar-refractivity contribution in [3.05, 3.63) is 78.1 Å². The Morgan fingerprint density at radius 1 is 1.00 bits per heavy atom. The maximum Gasteiger partial charge on any atom is 0.338 e. The van der Waals surface area contributed by atoms with Crippen LogP contribution in [-0.2, 0) is 11.3 Å². The number of para-hydroxylation sites is 1. The van der Waals surface area contributed by atoms with E-state index >= 15 is 0 Å². The van der Waals surface area contributed by atoms with Gasteiger partial charge in [0.05, 0.1) is 17.4 Å². The first-order valence-electron chi connectivity index (χ1n) is 6.52. The maximum atomic E-state index is 11.8. The van der Waals surface area contributed by atoms with Crippen molar-refractivity contribution in [3.8, 4) is 5.69 Å². The van der Waals surface area contributed by atoms with Crippen molar-refractivity contribution in [2.75, 3.05) is 0 Å². The largest absolute Gasteiger partial charge is 0.455 e. The Bertz CT molecular complexity index is 724. The van der Waals surface area contributed by atoms with E-state index in [4.69, 9.17) is 4.74 Å². The third-order valence-corrected chi connectivity index (χ3v) is 2.92. The fraction of sp³-hybridized carbons (Fsp3) is 0.0625. The molecule has 1 aromatic heterocycles. The van der Waals surface area contributed by atoms with E-state index in [-0.39, 0.29) is 12.6 Å². The van der Waals surface area contributed by atoms with Crippen molar-refractivity contribution in [2.24, 2.45) is 0 Å². The minimum absolute atomic E-state index is 0.0978. The Morgan fingerprint density at radius 3 is 2.38 bits per heavy atom. The smallest absolute Gasteiger partial charge is 0.338 e. The Hall–Kier alpha value is -2.95. The molecule has 0 unspecified atom stereocenters. The van der Waals surface area contributed by atoms with Crippen molar-refractivity contribution in [1.82, 2.24) is 15.0 Å². The molecule has 0 bridgehead atoms. The van der Waals surface area contributed by atoms with Gasteiger partial charge in [-0.15, -0.1) is 5.10 Å². The lowest BCUT2D eigenvalue weighted by molar-refractivity contribution is 0.0467. The van der Waals surface area contributed by atoms with E-state index in [1.807, 2.05) is 36.4 Å². The Kier molecular flexibility index (Phi) is 3.73. The van der Waals surface area contributed by atoms with Crippen LogP contribution in [0.2, 0.25) is 0 Å². The van der Waals surface area contributed by atoms with Crippen LogP contribution < -0.4 is 0 Å². The Labute approximate surface area is 121 Å². The highest BCUT2D eigenvalue weighted by Gasteiger charge is 2.08. The molecule has 0 aliphatic rings. The van der Waals surface area contributed by atoms with Gasteiger partial charge in [0.1, 0.15) is 12.3 Å². The molecule has 0 amide bonds. The zero-order chi connectivity index (χ0) is 14.5. The van der Waals surface area contributed by atoms with Crippen LogP contribution in [0.5, 0.6) is 0 Å². The molecule has 21 heavy (non-hydrogen) atoms. The highest BCUT2D eigenvalue weighted by molar-refractivity contribution is 5.89. The zero-order valence-electron chi connectivity index (χ0n) is 11.2. The summed E-state index contributed by atoms with van der Waals surface area (Å²) in [6.45, 7) is 0.0978. The summed E-state index contributed by atoms with van der Waals surface area (Å²) in [6, 6.07) is 18.5. The second-order valence-corrected chi connectivity index (χ2v) is 4.43. The SMILES string of the molecule is O=C(OCc1cn(-c2ccccc2)nn1)c1ccccc1. The van der Waals surface area contributed by atoms with Crippen LogP contribution in [0.3, 0.4) is 0 Å². The molecule has 3 rings (SSSR count). The summed E-state index contributed by atoms with van der Waals surface area (Å²) in [5, 5.41) is 8.01. The van der Waals surface area contributed by atoms with E-state index in [1.165, 1.54) is 0 Å². The van der Waals surface area contributed by atoms with E-state index in [0.29, 0.717) is 11.3 Å². The normalized spacial score (nSPS) is 10.3. The predicted molar refractivity (Wildman–Crippen MR) is 76.9 cm³/mol. The molecular formula is C16H13N3O2. The van der Waals surface area contributed by atoms with Gasteiger partial charge in [0.15, 0.2) is 0 Å². The summed E-state index contributed by atoms with van der Waals surface area (Å²) in [4.78, 5) is 11.8. The summed E-state index contributed by atoms with van der Waals surface area (Å²) in [5.74, 6) is -0.370. The van der Waals surface area contributed by atoms with Gasteiger partial charge in [-0.05, 0) is 24.3 Å². The van der Waals surface area contributed by atoms with E-state index in [1.54, 1.807) is 35.1 Å². The monoisotopic (exact) mass is 279 g/mol. The van der Waals surface area contributed by atoms with Crippen LogP contribution in [0, 0.1) is 0 Å². The van der Waals surface area contributed by atoms with Crippen LogP contribution in [0.25, 0.3) is 5.69 Å². The minimum atomic E-state index is -0.370. The fourth-order valence-electron chi connectivity index (χ4n) is 1.87. The molecule has 0 aliphatic heterocycles. The number of hydrogen-bond acceptors (Lipinski definition) is 4. The van der Waals surface area contributed by atoms with Crippen molar-refractivity contribution in [3.63, 3.8) is 0 Å². The topological polar surface area (TPSA) is 57.0 Å². The van der Waals surface area contributed by atoms with E-state index in [9.17, 15) is 4.79 Å². The summed E-state index contributed by atoms with van der Waals surface area (Å²) >= 11 is 0. The van der Waals surface area contributed by atoms with Gasteiger partial charge in [0.25, 0.3) is 0 Å². The third-order valence-electron chi connectivity index (χ3n) is 2.92. The molecule has 3 aromatic rings. The molecule has 0 saturated heterocycles. The molecule has 0 spiro atoms. The van der Waals surface area contributed by atoms with E-state index < -0.39 is 0 Å².